The van der Waals surface area contributed by atoms with Crippen LogP contribution in [-0.2, 0) is 27.5 Å². The van der Waals surface area contributed by atoms with Gasteiger partial charge in [0, 0.05) is 45.8 Å². The number of carbonyl (C=O) groups is 2. The minimum absolute atomic E-state index is 0.246. The third-order valence-electron chi connectivity index (χ3n) is 5.13. The van der Waals surface area contributed by atoms with E-state index >= 15 is 0 Å². The fourth-order valence-corrected chi connectivity index (χ4v) is 3.31. The Bertz CT molecular complexity index is 750. The second-order valence-electron chi connectivity index (χ2n) is 7.58. The van der Waals surface area contributed by atoms with Gasteiger partial charge in [0.2, 0.25) is 0 Å². The molecule has 8 nitrogen and oxygen atoms in total. The molecule has 3 rings (SSSR count). The number of nitrogens with zero attached hydrogens (tertiary/aromatic N) is 1. The number of esters is 1. The Balaban J connectivity index is 1.46. The Hall–Kier alpha value is -2.94. The third kappa shape index (κ3) is 8.30. The molecule has 2 aromatic rings. The maximum Gasteiger partial charge on any atom is 0.410 e. The molecule has 2 aromatic carbocycles. The number of nitrogens with one attached hydrogen (secondary N) is 3. The SMILES string of the molecule is O=C(OCc1ccccc1)C1CNCCN(C(=O)OCc2ccccc2)CCNCCN1. The minimum atomic E-state index is -0.460. The zero-order valence-electron chi connectivity index (χ0n) is 18.3. The summed E-state index contributed by atoms with van der Waals surface area (Å²) < 4.78 is 10.9. The van der Waals surface area contributed by atoms with E-state index in [2.05, 4.69) is 16.0 Å². The molecule has 1 aliphatic heterocycles. The molecule has 0 saturated carbocycles. The smallest absolute Gasteiger partial charge is 0.410 e. The van der Waals surface area contributed by atoms with Crippen LogP contribution in [0, 0.1) is 0 Å². The topological polar surface area (TPSA) is 91.9 Å². The van der Waals surface area contributed by atoms with Gasteiger partial charge in [-0.15, -0.1) is 0 Å². The molecule has 32 heavy (non-hydrogen) atoms. The summed E-state index contributed by atoms with van der Waals surface area (Å²) in [5.74, 6) is -0.294. The summed E-state index contributed by atoms with van der Waals surface area (Å²) in [5.41, 5.74) is 1.91. The Morgan fingerprint density at radius 3 is 2.03 bits per heavy atom. The van der Waals surface area contributed by atoms with Crippen LogP contribution in [0.2, 0.25) is 0 Å². The van der Waals surface area contributed by atoms with Crippen LogP contribution in [0.25, 0.3) is 0 Å². The van der Waals surface area contributed by atoms with E-state index in [9.17, 15) is 9.59 Å². The molecule has 172 valence electrons. The van der Waals surface area contributed by atoms with Crippen molar-refractivity contribution in [2.24, 2.45) is 0 Å². The number of carbonyl (C=O) groups excluding carboxylic acids is 2. The molecule has 1 saturated heterocycles. The molecule has 1 amide bonds. The van der Waals surface area contributed by atoms with Crippen molar-refractivity contribution in [3.63, 3.8) is 0 Å². The van der Waals surface area contributed by atoms with E-state index in [0.717, 1.165) is 11.1 Å². The lowest BCUT2D eigenvalue weighted by atomic mass is 10.2. The van der Waals surface area contributed by atoms with Gasteiger partial charge in [-0.3, -0.25) is 4.79 Å². The first-order valence-corrected chi connectivity index (χ1v) is 11.0. The molecule has 0 aliphatic carbocycles. The minimum Gasteiger partial charge on any atom is -0.460 e. The van der Waals surface area contributed by atoms with Gasteiger partial charge < -0.3 is 30.3 Å². The van der Waals surface area contributed by atoms with E-state index in [0.29, 0.717) is 45.8 Å². The highest BCUT2D eigenvalue weighted by Gasteiger charge is 2.21. The number of rotatable bonds is 5. The zero-order chi connectivity index (χ0) is 22.4. The molecular weight excluding hydrogens is 408 g/mol. The van der Waals surface area contributed by atoms with Crippen LogP contribution in [0.15, 0.2) is 60.7 Å². The van der Waals surface area contributed by atoms with E-state index in [1.807, 2.05) is 60.7 Å². The normalized spacial score (nSPS) is 18.1. The maximum atomic E-state index is 12.6. The predicted octanol–water partition coefficient (Wildman–Crippen LogP) is 1.52. The summed E-state index contributed by atoms with van der Waals surface area (Å²) in [5, 5.41) is 9.79. The zero-order valence-corrected chi connectivity index (χ0v) is 18.3. The van der Waals surface area contributed by atoms with Gasteiger partial charge in [-0.2, -0.15) is 0 Å². The van der Waals surface area contributed by atoms with E-state index in [1.165, 1.54) is 0 Å². The van der Waals surface area contributed by atoms with Crippen molar-refractivity contribution in [2.75, 3.05) is 45.8 Å². The summed E-state index contributed by atoms with van der Waals surface area (Å²) in [4.78, 5) is 26.8. The molecule has 0 radical (unpaired) electrons. The van der Waals surface area contributed by atoms with Gasteiger partial charge >= 0.3 is 12.1 Å². The summed E-state index contributed by atoms with van der Waals surface area (Å²) in [7, 11) is 0. The van der Waals surface area contributed by atoms with Crippen molar-refractivity contribution in [1.29, 1.82) is 0 Å². The van der Waals surface area contributed by atoms with Gasteiger partial charge in [0.05, 0.1) is 0 Å². The number of benzene rings is 2. The highest BCUT2D eigenvalue weighted by molar-refractivity contribution is 5.76. The van der Waals surface area contributed by atoms with Crippen LogP contribution in [0.5, 0.6) is 0 Å². The van der Waals surface area contributed by atoms with Crippen molar-refractivity contribution in [3.05, 3.63) is 71.8 Å². The van der Waals surface area contributed by atoms with Crippen molar-refractivity contribution >= 4 is 12.1 Å². The molecule has 0 aromatic heterocycles. The van der Waals surface area contributed by atoms with Gasteiger partial charge in [0.25, 0.3) is 0 Å². The Morgan fingerprint density at radius 1 is 0.781 bits per heavy atom. The van der Waals surface area contributed by atoms with Gasteiger partial charge in [0.15, 0.2) is 0 Å². The molecule has 3 N–H and O–H groups in total. The summed E-state index contributed by atoms with van der Waals surface area (Å²) in [6.45, 7) is 4.43. The first-order chi connectivity index (χ1) is 15.7. The number of ether oxygens (including phenoxy) is 2. The predicted molar refractivity (Wildman–Crippen MR) is 122 cm³/mol. The van der Waals surface area contributed by atoms with Crippen LogP contribution in [0.1, 0.15) is 11.1 Å². The van der Waals surface area contributed by atoms with E-state index in [4.69, 9.17) is 9.47 Å². The molecule has 0 spiro atoms. The number of amides is 1. The second kappa shape index (κ2) is 13.5. The molecule has 8 heteroatoms. The van der Waals surface area contributed by atoms with Crippen molar-refractivity contribution in [2.45, 2.75) is 19.3 Å². The summed E-state index contributed by atoms with van der Waals surface area (Å²) in [6, 6.07) is 18.8. The van der Waals surface area contributed by atoms with Crippen LogP contribution >= 0.6 is 0 Å². The quantitative estimate of drug-likeness (QED) is 0.607. The van der Waals surface area contributed by atoms with Crippen molar-refractivity contribution < 1.29 is 19.1 Å². The van der Waals surface area contributed by atoms with Crippen LogP contribution < -0.4 is 16.0 Å². The van der Waals surface area contributed by atoms with Gasteiger partial charge in [0.1, 0.15) is 19.3 Å². The molecule has 1 fully saturated rings. The van der Waals surface area contributed by atoms with Crippen LogP contribution in [0.4, 0.5) is 4.79 Å². The molecule has 0 bridgehead atoms. The molecule has 1 aliphatic rings. The van der Waals surface area contributed by atoms with Crippen LogP contribution in [0.3, 0.4) is 0 Å². The standard InChI is InChI=1S/C24H32N4O4/c29-23(31-18-20-7-3-1-4-8-20)22-17-26-14-16-28(15-13-25-11-12-27-22)24(30)32-19-21-9-5-2-6-10-21/h1-10,22,25-27H,11-19H2. The lowest BCUT2D eigenvalue weighted by Gasteiger charge is -2.25. The first kappa shape index (κ1) is 23.7. The average molecular weight is 441 g/mol. The van der Waals surface area contributed by atoms with Crippen molar-refractivity contribution in [1.82, 2.24) is 20.9 Å². The fraction of sp³-hybridized carbons (Fsp3) is 0.417. The molecule has 1 heterocycles. The summed E-state index contributed by atoms with van der Waals surface area (Å²) in [6.07, 6.45) is -0.341. The number of hydrogen-bond donors (Lipinski definition) is 3. The maximum absolute atomic E-state index is 12.6. The van der Waals surface area contributed by atoms with E-state index in [1.54, 1.807) is 4.90 Å². The molecular formula is C24H32N4O4. The highest BCUT2D eigenvalue weighted by Crippen LogP contribution is 2.04. The Morgan fingerprint density at radius 2 is 1.38 bits per heavy atom. The third-order valence-corrected chi connectivity index (χ3v) is 5.13. The van der Waals surface area contributed by atoms with Crippen molar-refractivity contribution in [3.8, 4) is 0 Å². The second-order valence-corrected chi connectivity index (χ2v) is 7.58. The molecule has 1 unspecified atom stereocenters. The van der Waals surface area contributed by atoms with Gasteiger partial charge in [-0.25, -0.2) is 4.79 Å². The number of hydrogen-bond acceptors (Lipinski definition) is 7. The van der Waals surface area contributed by atoms with Gasteiger partial charge in [-0.05, 0) is 11.1 Å². The van der Waals surface area contributed by atoms with E-state index in [-0.39, 0.29) is 25.3 Å². The highest BCUT2D eigenvalue weighted by atomic mass is 16.6. The summed E-state index contributed by atoms with van der Waals surface area (Å²) >= 11 is 0. The average Bonchev–Trinajstić information content (AvgIpc) is 2.83. The first-order valence-electron chi connectivity index (χ1n) is 11.0. The van der Waals surface area contributed by atoms with Crippen LogP contribution in [-0.4, -0.2) is 68.8 Å². The monoisotopic (exact) mass is 440 g/mol. The lowest BCUT2D eigenvalue weighted by Crippen LogP contribution is -2.50. The molecule has 1 atom stereocenters. The largest absolute Gasteiger partial charge is 0.460 e. The Labute approximate surface area is 189 Å². The van der Waals surface area contributed by atoms with Gasteiger partial charge in [-0.1, -0.05) is 60.7 Å². The van der Waals surface area contributed by atoms with E-state index < -0.39 is 6.04 Å². The Kier molecular flexibility index (Phi) is 9.98. The fourth-order valence-electron chi connectivity index (χ4n) is 3.31. The lowest BCUT2D eigenvalue weighted by molar-refractivity contribution is -0.147.